The van der Waals surface area contributed by atoms with Gasteiger partial charge in [-0.3, -0.25) is 5.10 Å². The second-order valence-corrected chi connectivity index (χ2v) is 4.48. The van der Waals surface area contributed by atoms with Crippen LogP contribution < -0.4 is 5.73 Å². The average molecular weight is 230 g/mol. The Morgan fingerprint density at radius 1 is 1.38 bits per heavy atom. The first-order valence-corrected chi connectivity index (χ1v) is 5.68. The van der Waals surface area contributed by atoms with Gasteiger partial charge in [-0.15, -0.1) is 0 Å². The van der Waals surface area contributed by atoms with Gasteiger partial charge in [-0.05, 0) is 36.2 Å². The molecule has 0 aliphatic carbocycles. The molecule has 5 heteroatoms. The lowest BCUT2D eigenvalue weighted by Crippen LogP contribution is -1.87. The van der Waals surface area contributed by atoms with Crippen molar-refractivity contribution in [2.45, 2.75) is 6.92 Å². The zero-order valence-corrected chi connectivity index (χ0v) is 9.51. The Bertz CT molecular complexity index is 653. The lowest BCUT2D eigenvalue weighted by molar-refractivity contribution is 1.10. The van der Waals surface area contributed by atoms with E-state index in [4.69, 9.17) is 5.73 Å². The molecule has 16 heavy (non-hydrogen) atoms. The summed E-state index contributed by atoms with van der Waals surface area (Å²) in [5.41, 5.74) is 8.87. The molecule has 1 aromatic carbocycles. The topological polar surface area (TPSA) is 67.6 Å². The summed E-state index contributed by atoms with van der Waals surface area (Å²) in [6.07, 6.45) is 1.74. The van der Waals surface area contributed by atoms with Crippen LogP contribution in [0.1, 0.15) is 5.69 Å². The van der Waals surface area contributed by atoms with E-state index in [1.54, 1.807) is 6.20 Å². The summed E-state index contributed by atoms with van der Waals surface area (Å²) in [6, 6.07) is 6.22. The smallest absolute Gasteiger partial charge is 0.126 e. The number of aromatic amines is 1. The minimum Gasteiger partial charge on any atom is -0.384 e. The largest absolute Gasteiger partial charge is 0.384 e. The third-order valence-corrected chi connectivity index (χ3v) is 3.55. The Balaban J connectivity index is 2.25. The standard InChI is InChI=1S/C11H10N4S/c1-6-8-4-7(2-3-10(8)16-15-6)9-5-13-14-11(9)12/h2-5H,1H3,(H3,12,13,14). The van der Waals surface area contributed by atoms with Crippen LogP contribution >= 0.6 is 11.5 Å². The molecule has 0 aliphatic rings. The van der Waals surface area contributed by atoms with Gasteiger partial charge in [0.05, 0.1) is 16.6 Å². The first kappa shape index (κ1) is 9.35. The van der Waals surface area contributed by atoms with E-state index in [9.17, 15) is 0 Å². The van der Waals surface area contributed by atoms with E-state index in [1.165, 1.54) is 21.6 Å². The van der Waals surface area contributed by atoms with Crippen LogP contribution in [0.15, 0.2) is 24.4 Å². The molecule has 0 spiro atoms. The highest BCUT2D eigenvalue weighted by Gasteiger charge is 2.07. The summed E-state index contributed by atoms with van der Waals surface area (Å²) in [5.74, 6) is 0.597. The number of nitrogens with one attached hydrogen (secondary N) is 1. The van der Waals surface area contributed by atoms with Gasteiger partial charge in [-0.2, -0.15) is 9.47 Å². The van der Waals surface area contributed by atoms with Crippen LogP contribution in [0.4, 0.5) is 5.82 Å². The Hall–Kier alpha value is -1.88. The molecule has 0 amide bonds. The number of aryl methyl sites for hydroxylation is 1. The van der Waals surface area contributed by atoms with Crippen LogP contribution in [0, 0.1) is 6.92 Å². The van der Waals surface area contributed by atoms with Crippen molar-refractivity contribution in [2.75, 3.05) is 5.73 Å². The molecule has 0 atom stereocenters. The molecule has 0 saturated carbocycles. The van der Waals surface area contributed by atoms with E-state index in [1.807, 2.05) is 13.0 Å². The van der Waals surface area contributed by atoms with Crippen molar-refractivity contribution in [3.63, 3.8) is 0 Å². The van der Waals surface area contributed by atoms with Gasteiger partial charge in [0.25, 0.3) is 0 Å². The normalized spacial score (nSPS) is 11.1. The monoisotopic (exact) mass is 230 g/mol. The summed E-state index contributed by atoms with van der Waals surface area (Å²) in [5, 5.41) is 7.85. The van der Waals surface area contributed by atoms with Crippen molar-refractivity contribution in [2.24, 2.45) is 0 Å². The second-order valence-electron chi connectivity index (χ2n) is 3.68. The van der Waals surface area contributed by atoms with Gasteiger partial charge in [0.1, 0.15) is 5.82 Å². The zero-order chi connectivity index (χ0) is 11.1. The lowest BCUT2D eigenvalue weighted by atomic mass is 10.1. The molecular weight excluding hydrogens is 220 g/mol. The van der Waals surface area contributed by atoms with Crippen molar-refractivity contribution in [1.29, 1.82) is 0 Å². The molecule has 0 bridgehead atoms. The highest BCUT2D eigenvalue weighted by Crippen LogP contribution is 2.30. The Morgan fingerprint density at radius 3 is 3.00 bits per heavy atom. The summed E-state index contributed by atoms with van der Waals surface area (Å²) in [6.45, 7) is 2.02. The molecule has 0 unspecified atom stereocenters. The molecule has 2 heterocycles. The van der Waals surface area contributed by atoms with Gasteiger partial charge in [-0.1, -0.05) is 6.07 Å². The van der Waals surface area contributed by atoms with E-state index >= 15 is 0 Å². The number of hydrogen-bond acceptors (Lipinski definition) is 4. The predicted octanol–water partition coefficient (Wildman–Crippen LogP) is 2.58. The molecule has 0 radical (unpaired) electrons. The van der Waals surface area contributed by atoms with Crippen LogP contribution in [-0.2, 0) is 0 Å². The van der Waals surface area contributed by atoms with Gasteiger partial charge in [-0.25, -0.2) is 0 Å². The summed E-state index contributed by atoms with van der Waals surface area (Å²) >= 11 is 1.52. The summed E-state index contributed by atoms with van der Waals surface area (Å²) < 4.78 is 5.53. The first-order valence-electron chi connectivity index (χ1n) is 4.91. The molecule has 4 nitrogen and oxygen atoms in total. The fraction of sp³-hybridized carbons (Fsp3) is 0.0909. The predicted molar refractivity (Wildman–Crippen MR) is 66.4 cm³/mol. The third-order valence-electron chi connectivity index (χ3n) is 2.63. The van der Waals surface area contributed by atoms with Gasteiger partial charge in [0.2, 0.25) is 0 Å². The first-order chi connectivity index (χ1) is 7.75. The zero-order valence-electron chi connectivity index (χ0n) is 8.69. The minimum atomic E-state index is 0.597. The number of H-pyrrole nitrogens is 1. The lowest BCUT2D eigenvalue weighted by Gasteiger charge is -1.99. The number of anilines is 1. The molecule has 3 aromatic rings. The molecule has 0 aliphatic heterocycles. The van der Waals surface area contributed by atoms with Crippen LogP contribution in [-0.4, -0.2) is 14.6 Å². The Morgan fingerprint density at radius 2 is 2.25 bits per heavy atom. The van der Waals surface area contributed by atoms with Crippen molar-refractivity contribution >= 4 is 27.4 Å². The number of hydrogen-bond donors (Lipinski definition) is 2. The number of nitrogens with two attached hydrogens (primary N) is 1. The maximum Gasteiger partial charge on any atom is 0.126 e. The van der Waals surface area contributed by atoms with Crippen molar-refractivity contribution in [1.82, 2.24) is 14.6 Å². The number of benzene rings is 1. The van der Waals surface area contributed by atoms with E-state index in [-0.39, 0.29) is 0 Å². The quantitative estimate of drug-likeness (QED) is 0.675. The number of aromatic nitrogens is 3. The molecule has 0 saturated heterocycles. The van der Waals surface area contributed by atoms with Gasteiger partial charge in [0.15, 0.2) is 0 Å². The average Bonchev–Trinajstić information content (AvgIpc) is 2.86. The van der Waals surface area contributed by atoms with Crippen LogP contribution in [0.3, 0.4) is 0 Å². The van der Waals surface area contributed by atoms with Gasteiger partial charge >= 0.3 is 0 Å². The maximum absolute atomic E-state index is 5.80. The van der Waals surface area contributed by atoms with E-state index in [2.05, 4.69) is 26.7 Å². The molecular formula is C11H10N4S. The fourth-order valence-corrected chi connectivity index (χ4v) is 2.52. The second kappa shape index (κ2) is 3.31. The van der Waals surface area contributed by atoms with E-state index < -0.39 is 0 Å². The van der Waals surface area contributed by atoms with Crippen molar-refractivity contribution in [3.05, 3.63) is 30.1 Å². The van der Waals surface area contributed by atoms with Crippen molar-refractivity contribution in [3.8, 4) is 11.1 Å². The molecule has 0 fully saturated rings. The third kappa shape index (κ3) is 1.29. The number of rotatable bonds is 1. The number of fused-ring (bicyclic) bond motifs is 1. The molecule has 3 rings (SSSR count). The van der Waals surface area contributed by atoms with Crippen LogP contribution in [0.25, 0.3) is 21.2 Å². The maximum atomic E-state index is 5.80. The molecule has 80 valence electrons. The highest BCUT2D eigenvalue weighted by atomic mass is 32.1. The SMILES string of the molecule is Cc1nsc2ccc(-c3cn[nH]c3N)cc12. The van der Waals surface area contributed by atoms with Crippen molar-refractivity contribution < 1.29 is 0 Å². The van der Waals surface area contributed by atoms with Crippen LogP contribution in [0.5, 0.6) is 0 Å². The van der Waals surface area contributed by atoms with Crippen LogP contribution in [0.2, 0.25) is 0 Å². The minimum absolute atomic E-state index is 0.597. The Kier molecular flexibility index (Phi) is 1.94. The Labute approximate surface area is 96.3 Å². The van der Waals surface area contributed by atoms with Gasteiger partial charge < -0.3 is 5.73 Å². The molecule has 3 N–H and O–H groups in total. The van der Waals surface area contributed by atoms with E-state index in [0.717, 1.165) is 16.8 Å². The summed E-state index contributed by atoms with van der Waals surface area (Å²) in [7, 11) is 0. The number of nitrogen functional groups attached to an aromatic ring is 1. The molecule has 2 aromatic heterocycles. The fourth-order valence-electron chi connectivity index (χ4n) is 1.75. The van der Waals surface area contributed by atoms with Gasteiger partial charge in [0, 0.05) is 10.9 Å². The number of nitrogens with zero attached hydrogens (tertiary/aromatic N) is 2. The highest BCUT2D eigenvalue weighted by molar-refractivity contribution is 7.13. The summed E-state index contributed by atoms with van der Waals surface area (Å²) in [4.78, 5) is 0. The van der Waals surface area contributed by atoms with E-state index in [0.29, 0.717) is 5.82 Å².